The zero-order valence-corrected chi connectivity index (χ0v) is 18.3. The number of amides is 1. The van der Waals surface area contributed by atoms with Gasteiger partial charge < -0.3 is 19.4 Å². The van der Waals surface area contributed by atoms with E-state index in [1.165, 1.54) is 12.1 Å². The fourth-order valence-electron chi connectivity index (χ4n) is 3.76. The Morgan fingerprint density at radius 1 is 1.12 bits per heavy atom. The Balaban J connectivity index is 1.35. The van der Waals surface area contributed by atoms with Crippen LogP contribution in [0.25, 0.3) is 0 Å². The van der Waals surface area contributed by atoms with Crippen LogP contribution in [0.1, 0.15) is 33.7 Å². The van der Waals surface area contributed by atoms with Gasteiger partial charge in [0.25, 0.3) is 5.91 Å². The number of fused-ring (bicyclic) bond motifs is 1. The predicted molar refractivity (Wildman–Crippen MR) is 119 cm³/mol. The number of aromatic nitrogens is 1. The number of ether oxygens (including phenoxy) is 2. The van der Waals surface area contributed by atoms with E-state index in [4.69, 9.17) is 9.47 Å². The summed E-state index contributed by atoms with van der Waals surface area (Å²) in [4.78, 5) is 37.1. The Morgan fingerprint density at radius 2 is 1.85 bits per heavy atom. The van der Waals surface area contributed by atoms with E-state index in [2.05, 4.69) is 5.32 Å². The van der Waals surface area contributed by atoms with Crippen molar-refractivity contribution < 1.29 is 28.2 Å². The van der Waals surface area contributed by atoms with Crippen molar-refractivity contribution in [3.05, 3.63) is 82.9 Å². The molecule has 1 atom stereocenters. The predicted octanol–water partition coefficient (Wildman–Crippen LogP) is 3.81. The molecule has 2 heterocycles. The summed E-state index contributed by atoms with van der Waals surface area (Å²) in [5.41, 5.74) is 3.47. The lowest BCUT2D eigenvalue weighted by Crippen LogP contribution is -2.39. The molecule has 2 aromatic carbocycles. The van der Waals surface area contributed by atoms with Crippen LogP contribution in [-0.2, 0) is 20.9 Å². The average Bonchev–Trinajstić information content (AvgIpc) is 3.08. The molecule has 0 saturated carbocycles. The average molecular weight is 450 g/mol. The number of Topliss-reactive ketones (excluding diaryl/α,β-unsaturated/α-hetero) is 1. The van der Waals surface area contributed by atoms with Crippen molar-refractivity contribution in [3.8, 4) is 5.75 Å². The van der Waals surface area contributed by atoms with Crippen LogP contribution in [0.5, 0.6) is 5.75 Å². The molecule has 0 spiro atoms. The van der Waals surface area contributed by atoms with E-state index < -0.39 is 24.6 Å². The number of nitrogens with one attached hydrogen (secondary N) is 1. The second-order valence-electron chi connectivity index (χ2n) is 7.88. The number of hydrogen-bond donors (Lipinski definition) is 1. The SMILES string of the molecule is Cc1cc(C(=O)COC(=O)CC2Oc3ccccc3NC2=O)c(C)n1Cc1ccc(F)cc1. The van der Waals surface area contributed by atoms with Gasteiger partial charge in [-0.25, -0.2) is 4.39 Å². The van der Waals surface area contributed by atoms with Gasteiger partial charge in [0.05, 0.1) is 12.1 Å². The lowest BCUT2D eigenvalue weighted by Gasteiger charge is -2.25. The van der Waals surface area contributed by atoms with Gasteiger partial charge in [0.2, 0.25) is 5.78 Å². The van der Waals surface area contributed by atoms with Gasteiger partial charge in [-0.15, -0.1) is 0 Å². The van der Waals surface area contributed by atoms with E-state index in [-0.39, 0.29) is 18.0 Å². The topological polar surface area (TPSA) is 86.6 Å². The number of anilines is 1. The molecular weight excluding hydrogens is 427 g/mol. The molecule has 0 bridgehead atoms. The summed E-state index contributed by atoms with van der Waals surface area (Å²) in [6, 6.07) is 14.8. The van der Waals surface area contributed by atoms with Crippen LogP contribution < -0.4 is 10.1 Å². The summed E-state index contributed by atoms with van der Waals surface area (Å²) in [7, 11) is 0. The molecule has 0 aliphatic carbocycles. The summed E-state index contributed by atoms with van der Waals surface area (Å²) in [6.07, 6.45) is -1.33. The zero-order chi connectivity index (χ0) is 23.5. The highest BCUT2D eigenvalue weighted by molar-refractivity contribution is 6.01. The van der Waals surface area contributed by atoms with Gasteiger partial charge in [0.1, 0.15) is 11.6 Å². The molecule has 4 rings (SSSR count). The van der Waals surface area contributed by atoms with E-state index >= 15 is 0 Å². The molecule has 1 aromatic heterocycles. The molecule has 1 unspecified atom stereocenters. The molecule has 0 saturated heterocycles. The van der Waals surface area contributed by atoms with Gasteiger partial charge in [-0.3, -0.25) is 14.4 Å². The number of halogens is 1. The van der Waals surface area contributed by atoms with E-state index in [0.717, 1.165) is 17.0 Å². The maximum atomic E-state index is 13.2. The Labute approximate surface area is 190 Å². The number of ketones is 1. The van der Waals surface area contributed by atoms with Gasteiger partial charge in [0, 0.05) is 23.5 Å². The first kappa shape index (κ1) is 22.3. The largest absolute Gasteiger partial charge is 0.478 e. The normalized spacial score (nSPS) is 14.8. The van der Waals surface area contributed by atoms with Crippen molar-refractivity contribution in [3.63, 3.8) is 0 Å². The number of rotatable bonds is 7. The van der Waals surface area contributed by atoms with Crippen molar-refractivity contribution in [1.29, 1.82) is 0 Å². The van der Waals surface area contributed by atoms with Gasteiger partial charge in [-0.05, 0) is 49.7 Å². The van der Waals surface area contributed by atoms with Crippen LogP contribution in [0.4, 0.5) is 10.1 Å². The zero-order valence-electron chi connectivity index (χ0n) is 18.3. The minimum absolute atomic E-state index is 0.308. The molecule has 0 fully saturated rings. The molecule has 0 radical (unpaired) electrons. The Morgan fingerprint density at radius 3 is 2.61 bits per heavy atom. The standard InChI is InChI=1S/C25H23FN2O5/c1-15-11-19(16(2)28(15)13-17-7-9-18(26)10-8-17)21(29)14-32-24(30)12-23-25(31)27-20-5-3-4-6-22(20)33-23/h3-11,23H,12-14H2,1-2H3,(H,27,31). The van der Waals surface area contributed by atoms with Crippen LogP contribution in [0.3, 0.4) is 0 Å². The van der Waals surface area contributed by atoms with Gasteiger partial charge in [-0.1, -0.05) is 24.3 Å². The van der Waals surface area contributed by atoms with Crippen LogP contribution in [-0.4, -0.2) is 34.9 Å². The molecular formula is C25H23FN2O5. The second kappa shape index (κ2) is 9.28. The maximum Gasteiger partial charge on any atom is 0.310 e. The highest BCUT2D eigenvalue weighted by Crippen LogP contribution is 2.29. The van der Waals surface area contributed by atoms with E-state index in [0.29, 0.717) is 23.5 Å². The molecule has 170 valence electrons. The lowest BCUT2D eigenvalue weighted by atomic mass is 10.1. The Hall–Kier alpha value is -3.94. The van der Waals surface area contributed by atoms with Crippen molar-refractivity contribution in [2.45, 2.75) is 32.9 Å². The number of hydrogen-bond acceptors (Lipinski definition) is 5. The number of carbonyl (C=O) groups excluding carboxylic acids is 3. The summed E-state index contributed by atoms with van der Waals surface area (Å²) in [6.45, 7) is 3.73. The monoisotopic (exact) mass is 450 g/mol. The molecule has 33 heavy (non-hydrogen) atoms. The van der Waals surface area contributed by atoms with E-state index in [1.807, 2.05) is 18.4 Å². The molecule has 7 nitrogen and oxygen atoms in total. The fourth-order valence-corrected chi connectivity index (χ4v) is 3.76. The van der Waals surface area contributed by atoms with Gasteiger partial charge in [0.15, 0.2) is 12.7 Å². The number of carbonyl (C=O) groups is 3. The molecule has 1 N–H and O–H groups in total. The number of esters is 1. The van der Waals surface area contributed by atoms with Crippen molar-refractivity contribution in [1.82, 2.24) is 4.57 Å². The first-order valence-corrected chi connectivity index (χ1v) is 10.5. The third-order valence-corrected chi connectivity index (χ3v) is 5.55. The van der Waals surface area contributed by atoms with Crippen molar-refractivity contribution in [2.75, 3.05) is 11.9 Å². The highest BCUT2D eigenvalue weighted by Gasteiger charge is 2.30. The van der Waals surface area contributed by atoms with Crippen molar-refractivity contribution >= 4 is 23.3 Å². The number of benzene rings is 2. The number of nitrogens with zero attached hydrogens (tertiary/aromatic N) is 1. The molecule has 1 aliphatic rings. The molecule has 1 amide bonds. The minimum Gasteiger partial charge on any atom is -0.478 e. The Bertz CT molecular complexity index is 1220. The maximum absolute atomic E-state index is 13.2. The van der Waals surface area contributed by atoms with Crippen LogP contribution >= 0.6 is 0 Å². The van der Waals surface area contributed by atoms with E-state index in [1.54, 1.807) is 42.5 Å². The Kier molecular flexibility index (Phi) is 6.26. The summed E-state index contributed by atoms with van der Waals surface area (Å²) >= 11 is 0. The molecule has 8 heteroatoms. The highest BCUT2D eigenvalue weighted by atomic mass is 19.1. The number of aryl methyl sites for hydroxylation is 1. The fraction of sp³-hybridized carbons (Fsp3) is 0.240. The summed E-state index contributed by atoms with van der Waals surface area (Å²) in [5, 5.41) is 2.68. The van der Waals surface area contributed by atoms with E-state index in [9.17, 15) is 18.8 Å². The van der Waals surface area contributed by atoms with Crippen LogP contribution in [0, 0.1) is 19.7 Å². The third kappa shape index (κ3) is 4.95. The second-order valence-corrected chi connectivity index (χ2v) is 7.88. The van der Waals surface area contributed by atoms with Crippen LogP contribution in [0.15, 0.2) is 54.6 Å². The van der Waals surface area contributed by atoms with Crippen LogP contribution in [0.2, 0.25) is 0 Å². The first-order valence-electron chi connectivity index (χ1n) is 10.5. The smallest absolute Gasteiger partial charge is 0.310 e. The first-order chi connectivity index (χ1) is 15.8. The minimum atomic E-state index is -1.02. The molecule has 3 aromatic rings. The van der Waals surface area contributed by atoms with Gasteiger partial charge in [-0.2, -0.15) is 0 Å². The number of para-hydroxylation sites is 2. The quantitative estimate of drug-likeness (QED) is 0.437. The van der Waals surface area contributed by atoms with Crippen molar-refractivity contribution in [2.24, 2.45) is 0 Å². The summed E-state index contributed by atoms with van der Waals surface area (Å²) in [5.74, 6) is -1.33. The lowest BCUT2D eigenvalue weighted by molar-refractivity contribution is -0.146. The third-order valence-electron chi connectivity index (χ3n) is 5.55. The summed E-state index contributed by atoms with van der Waals surface area (Å²) < 4.78 is 25.8. The van der Waals surface area contributed by atoms with Gasteiger partial charge >= 0.3 is 5.97 Å². The molecule has 1 aliphatic heterocycles.